The van der Waals surface area contributed by atoms with Gasteiger partial charge in [0.15, 0.2) is 6.10 Å². The predicted octanol–water partition coefficient (Wildman–Crippen LogP) is 27.8. The fourth-order valence-corrected chi connectivity index (χ4v) is 11.0. The summed E-state index contributed by atoms with van der Waals surface area (Å²) in [6.45, 7) is 4.03. The summed E-state index contributed by atoms with van der Waals surface area (Å²) in [5, 5.41) is 9.72. The molecule has 0 aromatic heterocycles. The zero-order valence-corrected chi connectivity index (χ0v) is 60.3. The van der Waals surface area contributed by atoms with E-state index < -0.39 is 6.10 Å². The largest absolute Gasteiger partial charge is 0.462 e. The van der Waals surface area contributed by atoms with Gasteiger partial charge in [-0.05, 0) is 128 Å². The standard InChI is InChI=1S/C87H146O5/c1-3-5-7-9-11-13-15-17-19-21-23-25-27-29-31-33-35-37-39-41-42-43-44-46-48-50-52-54-56-58-60-62-64-66-68-70-72-74-76-78-80-82-87(90)92-85(83-88)84-91-86(89)81-79-77-75-73-71-69-67-65-63-61-59-57-55-53-51-49-47-45-40-38-36-34-32-30-28-26-24-22-20-18-16-14-12-10-8-6-4-2/h5,7,11,13,16-19,22-25,29,31,35,37,41-42,44,46,50,52,56,58,62,64,85,88H,3-4,6,8-10,12,14-15,20-21,26-28,30,32-34,36,38-40,43,45,47-49,51,53-55,57,59-61,63,65-84H2,1-2H3/b7-5-,13-11-,18-16-,19-17-,24-22-,25-23-,31-29-,37-35-,42-41-,46-44-,52-50-,58-56-,64-62-. The topological polar surface area (TPSA) is 72.8 Å². The van der Waals surface area contributed by atoms with Gasteiger partial charge in [-0.15, -0.1) is 0 Å². The van der Waals surface area contributed by atoms with Crippen molar-refractivity contribution in [1.82, 2.24) is 0 Å². The first-order valence-corrected chi connectivity index (χ1v) is 39.0. The molecule has 0 aliphatic carbocycles. The van der Waals surface area contributed by atoms with E-state index >= 15 is 0 Å². The number of carbonyl (C=O) groups excluding carboxylic acids is 2. The zero-order valence-electron chi connectivity index (χ0n) is 60.3. The molecule has 0 radical (unpaired) electrons. The number of hydrogen-bond donors (Lipinski definition) is 1. The highest BCUT2D eigenvalue weighted by Gasteiger charge is 2.16. The lowest BCUT2D eigenvalue weighted by Crippen LogP contribution is -2.28. The van der Waals surface area contributed by atoms with Gasteiger partial charge in [0, 0.05) is 12.8 Å². The van der Waals surface area contributed by atoms with Gasteiger partial charge in [0.25, 0.3) is 0 Å². The third kappa shape index (κ3) is 78.0. The van der Waals surface area contributed by atoms with Crippen LogP contribution in [0.2, 0.25) is 0 Å². The molecule has 0 heterocycles. The van der Waals surface area contributed by atoms with E-state index in [0.29, 0.717) is 12.8 Å². The summed E-state index contributed by atoms with van der Waals surface area (Å²) >= 11 is 0. The Morgan fingerprint density at radius 2 is 0.467 bits per heavy atom. The Hall–Kier alpha value is -4.48. The lowest BCUT2D eigenvalue weighted by Gasteiger charge is -2.15. The van der Waals surface area contributed by atoms with E-state index in [2.05, 4.69) is 172 Å². The van der Waals surface area contributed by atoms with Crippen molar-refractivity contribution < 1.29 is 24.2 Å². The van der Waals surface area contributed by atoms with E-state index in [1.807, 2.05) is 0 Å². The van der Waals surface area contributed by atoms with Crippen LogP contribution in [0.25, 0.3) is 0 Å². The molecule has 1 unspecified atom stereocenters. The Balaban J connectivity index is 3.52. The van der Waals surface area contributed by atoms with Crippen LogP contribution < -0.4 is 0 Å². The summed E-state index contributed by atoms with van der Waals surface area (Å²) in [7, 11) is 0. The van der Waals surface area contributed by atoms with Crippen LogP contribution in [0.5, 0.6) is 0 Å². The van der Waals surface area contributed by atoms with Crippen molar-refractivity contribution in [2.45, 2.75) is 367 Å². The van der Waals surface area contributed by atoms with Crippen LogP contribution in [0.3, 0.4) is 0 Å². The number of allylic oxidation sites excluding steroid dienone is 26. The summed E-state index contributed by atoms with van der Waals surface area (Å²) in [6, 6.07) is 0. The Labute approximate surface area is 571 Å². The zero-order chi connectivity index (χ0) is 66.1. The van der Waals surface area contributed by atoms with Crippen LogP contribution in [-0.2, 0) is 19.1 Å². The fraction of sp³-hybridized carbons (Fsp3) is 0.678. The molecule has 5 nitrogen and oxygen atoms in total. The van der Waals surface area contributed by atoms with Gasteiger partial charge in [-0.3, -0.25) is 9.59 Å². The van der Waals surface area contributed by atoms with Crippen LogP contribution in [0.1, 0.15) is 361 Å². The Morgan fingerprint density at radius 1 is 0.261 bits per heavy atom. The molecule has 1 atom stereocenters. The highest BCUT2D eigenvalue weighted by Crippen LogP contribution is 2.18. The molecule has 0 aliphatic heterocycles. The minimum Gasteiger partial charge on any atom is -0.462 e. The van der Waals surface area contributed by atoms with Gasteiger partial charge in [-0.2, -0.15) is 0 Å². The maximum Gasteiger partial charge on any atom is 0.306 e. The molecule has 0 amide bonds. The number of ether oxygens (including phenoxy) is 2. The summed E-state index contributed by atoms with van der Waals surface area (Å²) in [6.07, 6.45) is 123. The Bertz CT molecular complexity index is 1930. The van der Waals surface area contributed by atoms with E-state index in [9.17, 15) is 14.7 Å². The van der Waals surface area contributed by atoms with Crippen molar-refractivity contribution in [2.24, 2.45) is 0 Å². The molecule has 0 saturated carbocycles. The fourth-order valence-electron chi connectivity index (χ4n) is 11.0. The average Bonchev–Trinajstić information content (AvgIpc) is 3.64. The first kappa shape index (κ1) is 87.5. The van der Waals surface area contributed by atoms with Crippen molar-refractivity contribution in [3.63, 3.8) is 0 Å². The third-order valence-electron chi connectivity index (χ3n) is 16.8. The lowest BCUT2D eigenvalue weighted by molar-refractivity contribution is -0.161. The number of unbranched alkanes of at least 4 members (excludes halogenated alkanes) is 37. The van der Waals surface area contributed by atoms with Crippen molar-refractivity contribution >= 4 is 11.9 Å². The number of rotatable bonds is 71. The van der Waals surface area contributed by atoms with E-state index in [1.54, 1.807) is 0 Å². The molecule has 0 rings (SSSR count). The Kier molecular flexibility index (Phi) is 76.8. The molecule has 5 heteroatoms. The monoisotopic (exact) mass is 1270 g/mol. The maximum atomic E-state index is 12.4. The van der Waals surface area contributed by atoms with Gasteiger partial charge >= 0.3 is 11.9 Å². The van der Waals surface area contributed by atoms with Crippen LogP contribution in [0.4, 0.5) is 0 Å². The van der Waals surface area contributed by atoms with E-state index in [4.69, 9.17) is 9.47 Å². The molecule has 0 spiro atoms. The molecule has 524 valence electrons. The number of carbonyl (C=O) groups is 2. The highest BCUT2D eigenvalue weighted by atomic mass is 16.6. The molecule has 0 fully saturated rings. The van der Waals surface area contributed by atoms with Gasteiger partial charge in [0.05, 0.1) is 6.61 Å². The second kappa shape index (κ2) is 80.8. The number of esters is 2. The molecule has 0 aliphatic rings. The molecule has 0 saturated heterocycles. The minimum atomic E-state index is -0.789. The molecule has 0 bridgehead atoms. The van der Waals surface area contributed by atoms with Crippen LogP contribution >= 0.6 is 0 Å². The summed E-state index contributed by atoms with van der Waals surface area (Å²) in [5.41, 5.74) is 0. The number of aliphatic hydroxyl groups excluding tert-OH is 1. The lowest BCUT2D eigenvalue weighted by atomic mass is 10.0. The van der Waals surface area contributed by atoms with Gasteiger partial charge in [-0.1, -0.05) is 377 Å². The van der Waals surface area contributed by atoms with Crippen molar-refractivity contribution in [1.29, 1.82) is 0 Å². The van der Waals surface area contributed by atoms with Gasteiger partial charge in [0.1, 0.15) is 6.61 Å². The molecule has 1 N–H and O–H groups in total. The van der Waals surface area contributed by atoms with Crippen molar-refractivity contribution in [3.8, 4) is 0 Å². The van der Waals surface area contributed by atoms with Crippen LogP contribution in [-0.4, -0.2) is 36.4 Å². The number of hydrogen-bond acceptors (Lipinski definition) is 5. The highest BCUT2D eigenvalue weighted by molar-refractivity contribution is 5.70. The first-order chi connectivity index (χ1) is 45.6. The van der Waals surface area contributed by atoms with Gasteiger partial charge in [-0.25, -0.2) is 0 Å². The van der Waals surface area contributed by atoms with Crippen LogP contribution in [0, 0.1) is 0 Å². The quantitative estimate of drug-likeness (QED) is 0.0373. The van der Waals surface area contributed by atoms with E-state index in [1.165, 1.54) is 212 Å². The molecular weight excluding hydrogens is 1120 g/mol. The smallest absolute Gasteiger partial charge is 0.306 e. The normalized spacial score (nSPS) is 13.1. The molecular formula is C87H146O5. The first-order valence-electron chi connectivity index (χ1n) is 39.0. The minimum absolute atomic E-state index is 0.0752. The molecule has 0 aromatic carbocycles. The second-order valence-electron chi connectivity index (χ2n) is 25.7. The number of aliphatic hydroxyl groups is 1. The summed E-state index contributed by atoms with van der Waals surface area (Å²) in [5.74, 6) is -0.598. The average molecular weight is 1270 g/mol. The Morgan fingerprint density at radius 3 is 0.707 bits per heavy atom. The second-order valence-corrected chi connectivity index (χ2v) is 25.7. The van der Waals surface area contributed by atoms with E-state index in [-0.39, 0.29) is 25.2 Å². The molecule has 0 aromatic rings. The van der Waals surface area contributed by atoms with Crippen molar-refractivity contribution in [3.05, 3.63) is 158 Å². The third-order valence-corrected chi connectivity index (χ3v) is 16.8. The van der Waals surface area contributed by atoms with Gasteiger partial charge < -0.3 is 14.6 Å². The van der Waals surface area contributed by atoms with E-state index in [0.717, 1.165) is 122 Å². The molecule has 92 heavy (non-hydrogen) atoms. The maximum absolute atomic E-state index is 12.4. The summed E-state index contributed by atoms with van der Waals surface area (Å²) < 4.78 is 10.8. The predicted molar refractivity (Wildman–Crippen MR) is 407 cm³/mol. The summed E-state index contributed by atoms with van der Waals surface area (Å²) in [4.78, 5) is 24.7. The van der Waals surface area contributed by atoms with Gasteiger partial charge in [0.2, 0.25) is 0 Å². The SMILES string of the molecule is CC/C=C\C/C=C\C/C=C\C/C=C\C/C=C\C/C=C\C/C=C\C/C=C\C/C=C\C/C=C\C/C=C\CCCCCCCCCC(=O)OC(CO)COC(=O)CCCCCCCCCCCCCCCCCCCCCCCCCCC/C=C\C/C=C\CCCCCCC. The van der Waals surface area contributed by atoms with Crippen LogP contribution in [0.15, 0.2) is 158 Å². The van der Waals surface area contributed by atoms with Crippen molar-refractivity contribution in [2.75, 3.05) is 13.2 Å².